The molecule has 21 heavy (non-hydrogen) atoms. The van der Waals surface area contributed by atoms with Crippen molar-refractivity contribution in [3.63, 3.8) is 0 Å². The predicted octanol–water partition coefficient (Wildman–Crippen LogP) is 2.69. The average Bonchev–Trinajstić information content (AvgIpc) is 2.38. The molecule has 1 aromatic rings. The van der Waals surface area contributed by atoms with Crippen molar-refractivity contribution in [1.82, 2.24) is 9.97 Å². The number of anilines is 2. The molecule has 0 saturated carbocycles. The molecule has 0 bridgehead atoms. The number of hydrogen-bond acceptors (Lipinski definition) is 5. The van der Waals surface area contributed by atoms with E-state index in [0.29, 0.717) is 6.54 Å². The minimum atomic E-state index is -0.843. The lowest BCUT2D eigenvalue weighted by Crippen LogP contribution is -2.24. The van der Waals surface area contributed by atoms with Crippen molar-refractivity contribution in [3.8, 4) is 0 Å². The molecular formula is C15H28N4OS. The summed E-state index contributed by atoms with van der Waals surface area (Å²) in [5.41, 5.74) is 0.881. The lowest BCUT2D eigenvalue weighted by molar-refractivity contribution is 0.546. The van der Waals surface area contributed by atoms with Crippen LogP contribution >= 0.6 is 0 Å². The maximum absolute atomic E-state index is 11.5. The van der Waals surface area contributed by atoms with Gasteiger partial charge in [-0.05, 0) is 20.8 Å². The Balaban J connectivity index is 3.11. The molecule has 5 nitrogen and oxygen atoms in total. The fourth-order valence-corrected chi connectivity index (χ4v) is 2.04. The summed E-state index contributed by atoms with van der Waals surface area (Å²) in [4.78, 5) is 9.29. The quantitative estimate of drug-likeness (QED) is 0.845. The van der Waals surface area contributed by atoms with Gasteiger partial charge in [-0.25, -0.2) is 9.97 Å². The first-order valence-electron chi connectivity index (χ1n) is 7.35. The zero-order valence-electron chi connectivity index (χ0n) is 14.2. The van der Waals surface area contributed by atoms with E-state index in [2.05, 4.69) is 41.4 Å². The first kappa shape index (κ1) is 17.9. The van der Waals surface area contributed by atoms with Crippen molar-refractivity contribution in [2.75, 3.05) is 30.0 Å². The number of aromatic nitrogens is 2. The van der Waals surface area contributed by atoms with Crippen molar-refractivity contribution in [2.45, 2.75) is 52.2 Å². The molecule has 0 aliphatic carbocycles. The highest BCUT2D eigenvalue weighted by Crippen LogP contribution is 2.26. The van der Waals surface area contributed by atoms with Crippen LogP contribution < -0.4 is 10.6 Å². The van der Waals surface area contributed by atoms with Crippen LogP contribution in [0.4, 0.5) is 11.6 Å². The smallest absolute Gasteiger partial charge is 0.138 e. The summed E-state index contributed by atoms with van der Waals surface area (Å²) in [5, 5.41) is 6.69. The lowest BCUT2D eigenvalue weighted by atomic mass is 9.95. The second kappa shape index (κ2) is 7.20. The fraction of sp³-hybridized carbons (Fsp3) is 0.733. The number of hydrogen-bond donors (Lipinski definition) is 2. The van der Waals surface area contributed by atoms with E-state index in [1.54, 1.807) is 6.26 Å². The fourth-order valence-electron chi connectivity index (χ4n) is 1.72. The molecule has 0 amide bonds. The van der Waals surface area contributed by atoms with E-state index < -0.39 is 10.8 Å². The summed E-state index contributed by atoms with van der Waals surface area (Å²) in [6.07, 6.45) is 1.73. The van der Waals surface area contributed by atoms with Crippen LogP contribution in [0.2, 0.25) is 0 Å². The summed E-state index contributed by atoms with van der Waals surface area (Å²) < 4.78 is 11.5. The molecule has 0 spiro atoms. The van der Waals surface area contributed by atoms with Crippen molar-refractivity contribution < 1.29 is 4.21 Å². The van der Waals surface area contributed by atoms with Gasteiger partial charge in [0.15, 0.2) is 0 Å². The van der Waals surface area contributed by atoms with Crippen molar-refractivity contribution in [3.05, 3.63) is 11.4 Å². The van der Waals surface area contributed by atoms with Gasteiger partial charge in [0.25, 0.3) is 0 Å². The molecule has 6 heteroatoms. The van der Waals surface area contributed by atoms with Gasteiger partial charge in [0.1, 0.15) is 17.5 Å². The zero-order valence-corrected chi connectivity index (χ0v) is 15.0. The minimum Gasteiger partial charge on any atom is -0.370 e. The van der Waals surface area contributed by atoms with E-state index in [-0.39, 0.29) is 10.7 Å². The van der Waals surface area contributed by atoms with Gasteiger partial charge in [0.2, 0.25) is 0 Å². The summed E-state index contributed by atoms with van der Waals surface area (Å²) in [7, 11) is -0.843. The first-order valence-corrected chi connectivity index (χ1v) is 8.98. The van der Waals surface area contributed by atoms with Gasteiger partial charge >= 0.3 is 0 Å². The van der Waals surface area contributed by atoms with E-state index in [4.69, 9.17) is 0 Å². The molecule has 1 heterocycles. The second-order valence-corrected chi connectivity index (χ2v) is 8.14. The molecule has 2 unspecified atom stereocenters. The maximum Gasteiger partial charge on any atom is 0.138 e. The summed E-state index contributed by atoms with van der Waals surface area (Å²) in [6.45, 7) is 13.8. The SMILES string of the molecule is CCNc1nc(C(C)(C)C)nc(NCC(C)S(C)=O)c1C. The van der Waals surface area contributed by atoms with Gasteiger partial charge in [-0.3, -0.25) is 4.21 Å². The molecule has 1 rings (SSSR count). The Morgan fingerprint density at radius 1 is 1.19 bits per heavy atom. The van der Waals surface area contributed by atoms with Gasteiger partial charge in [-0.1, -0.05) is 20.8 Å². The first-order chi connectivity index (χ1) is 9.66. The van der Waals surface area contributed by atoms with Crippen LogP contribution in [0.5, 0.6) is 0 Å². The van der Waals surface area contributed by atoms with Crippen LogP contribution in [0.15, 0.2) is 0 Å². The van der Waals surface area contributed by atoms with E-state index in [0.717, 1.165) is 29.6 Å². The van der Waals surface area contributed by atoms with Gasteiger partial charge in [0, 0.05) is 46.4 Å². The summed E-state index contributed by atoms with van der Waals surface area (Å²) in [5.74, 6) is 2.49. The van der Waals surface area contributed by atoms with Gasteiger partial charge in [-0.15, -0.1) is 0 Å². The largest absolute Gasteiger partial charge is 0.370 e. The highest BCUT2D eigenvalue weighted by molar-refractivity contribution is 7.84. The molecule has 2 N–H and O–H groups in total. The summed E-state index contributed by atoms with van der Waals surface area (Å²) >= 11 is 0. The van der Waals surface area contributed by atoms with Gasteiger partial charge in [-0.2, -0.15) is 0 Å². The Labute approximate surface area is 130 Å². The molecule has 0 saturated heterocycles. The predicted molar refractivity (Wildman–Crippen MR) is 91.7 cm³/mol. The van der Waals surface area contributed by atoms with Crippen LogP contribution in [-0.2, 0) is 16.2 Å². The van der Waals surface area contributed by atoms with Crippen LogP contribution in [-0.4, -0.2) is 38.8 Å². The minimum absolute atomic E-state index is 0.0834. The molecule has 0 aliphatic rings. The molecule has 0 fully saturated rings. The van der Waals surface area contributed by atoms with Crippen molar-refractivity contribution in [2.24, 2.45) is 0 Å². The van der Waals surface area contributed by atoms with Crippen LogP contribution in [0.25, 0.3) is 0 Å². The monoisotopic (exact) mass is 312 g/mol. The highest BCUT2D eigenvalue weighted by atomic mass is 32.2. The van der Waals surface area contributed by atoms with E-state index in [9.17, 15) is 4.21 Å². The topological polar surface area (TPSA) is 66.9 Å². The summed E-state index contributed by atoms with van der Waals surface area (Å²) in [6, 6.07) is 0. The number of nitrogens with one attached hydrogen (secondary N) is 2. The molecule has 1 aromatic heterocycles. The number of rotatable bonds is 6. The molecule has 120 valence electrons. The number of nitrogens with zero attached hydrogens (tertiary/aromatic N) is 2. The van der Waals surface area contributed by atoms with Crippen molar-refractivity contribution >= 4 is 22.4 Å². The normalized spacial score (nSPS) is 14.6. The molecular weight excluding hydrogens is 284 g/mol. The Kier molecular flexibility index (Phi) is 6.13. The molecule has 0 radical (unpaired) electrons. The lowest BCUT2D eigenvalue weighted by Gasteiger charge is -2.21. The zero-order chi connectivity index (χ0) is 16.2. The van der Waals surface area contributed by atoms with E-state index in [1.807, 2.05) is 20.8 Å². The highest BCUT2D eigenvalue weighted by Gasteiger charge is 2.21. The maximum atomic E-state index is 11.5. The van der Waals surface area contributed by atoms with E-state index in [1.165, 1.54) is 0 Å². The second-order valence-electron chi connectivity index (χ2n) is 6.34. The molecule has 0 aliphatic heterocycles. The Morgan fingerprint density at radius 3 is 2.14 bits per heavy atom. The van der Waals surface area contributed by atoms with Gasteiger partial charge < -0.3 is 10.6 Å². The third kappa shape index (κ3) is 4.95. The average molecular weight is 312 g/mol. The van der Waals surface area contributed by atoms with Crippen LogP contribution in [0.1, 0.15) is 46.0 Å². The van der Waals surface area contributed by atoms with E-state index >= 15 is 0 Å². The molecule has 2 atom stereocenters. The third-order valence-corrected chi connectivity index (χ3v) is 4.58. The van der Waals surface area contributed by atoms with Crippen LogP contribution in [0.3, 0.4) is 0 Å². The van der Waals surface area contributed by atoms with Crippen molar-refractivity contribution in [1.29, 1.82) is 0 Å². The third-order valence-electron chi connectivity index (χ3n) is 3.28. The molecule has 0 aromatic carbocycles. The Morgan fingerprint density at radius 2 is 1.71 bits per heavy atom. The van der Waals surface area contributed by atoms with Crippen LogP contribution in [0, 0.1) is 6.92 Å². The Hall–Kier alpha value is -1.17. The van der Waals surface area contributed by atoms with Gasteiger partial charge in [0.05, 0.1) is 0 Å². The standard InChI is InChI=1S/C15H28N4OS/c1-8-16-12-11(3)13(17-9-10(2)21(7)20)19-14(18-12)15(4,5)6/h10H,8-9H2,1-7H3,(H2,16,17,18,19). The Bertz CT molecular complexity index is 511.